The van der Waals surface area contributed by atoms with Crippen LogP contribution in [0.25, 0.3) is 0 Å². The first kappa shape index (κ1) is 18.5. The zero-order valence-corrected chi connectivity index (χ0v) is 15.9. The van der Waals surface area contributed by atoms with Crippen LogP contribution in [0.15, 0.2) is 42.5 Å². The summed E-state index contributed by atoms with van der Waals surface area (Å²) in [5.41, 5.74) is 4.39. The standard InChI is InChI=1S/C22H28N2O2/c1-4-26-19-12-10-18(11-13-19)20-9-6-14-24(20)15-21(25)23-22-16(2)7-5-8-17(22)3/h5,7-8,10-13,20H,4,6,9,14-15H2,1-3H3,(H,23,25). The number of hydrogen-bond donors (Lipinski definition) is 1. The Morgan fingerprint density at radius 2 is 1.85 bits per heavy atom. The average Bonchev–Trinajstić information content (AvgIpc) is 3.07. The van der Waals surface area contributed by atoms with Crippen molar-refractivity contribution in [2.24, 2.45) is 0 Å². The molecule has 1 aliphatic heterocycles. The van der Waals surface area contributed by atoms with E-state index in [1.807, 2.05) is 51.1 Å². The van der Waals surface area contributed by atoms with E-state index in [0.29, 0.717) is 19.2 Å². The van der Waals surface area contributed by atoms with Crippen LogP contribution in [0.5, 0.6) is 5.75 Å². The number of ether oxygens (including phenoxy) is 1. The van der Waals surface area contributed by atoms with Crippen molar-refractivity contribution >= 4 is 11.6 Å². The van der Waals surface area contributed by atoms with Crippen molar-refractivity contribution in [3.63, 3.8) is 0 Å². The summed E-state index contributed by atoms with van der Waals surface area (Å²) in [5, 5.41) is 3.10. The number of amides is 1. The normalized spacial score (nSPS) is 17.3. The van der Waals surface area contributed by atoms with Crippen LogP contribution in [0.2, 0.25) is 0 Å². The van der Waals surface area contributed by atoms with E-state index in [1.54, 1.807) is 0 Å². The minimum Gasteiger partial charge on any atom is -0.494 e. The lowest BCUT2D eigenvalue weighted by Crippen LogP contribution is -2.33. The quantitative estimate of drug-likeness (QED) is 0.833. The Morgan fingerprint density at radius 3 is 2.50 bits per heavy atom. The molecule has 1 unspecified atom stereocenters. The van der Waals surface area contributed by atoms with Gasteiger partial charge in [0.05, 0.1) is 13.2 Å². The van der Waals surface area contributed by atoms with Gasteiger partial charge >= 0.3 is 0 Å². The number of likely N-dealkylation sites (tertiary alicyclic amines) is 1. The van der Waals surface area contributed by atoms with Gasteiger partial charge in [0.15, 0.2) is 0 Å². The molecule has 0 bridgehead atoms. The molecule has 1 fully saturated rings. The first-order valence-electron chi connectivity index (χ1n) is 9.41. The van der Waals surface area contributed by atoms with Crippen molar-refractivity contribution in [2.75, 3.05) is 25.0 Å². The SMILES string of the molecule is CCOc1ccc(C2CCCN2CC(=O)Nc2c(C)cccc2C)cc1. The lowest BCUT2D eigenvalue weighted by molar-refractivity contribution is -0.117. The second-order valence-electron chi connectivity index (χ2n) is 6.95. The number of nitrogens with one attached hydrogen (secondary N) is 1. The van der Waals surface area contributed by atoms with Crippen LogP contribution in [0, 0.1) is 13.8 Å². The number of hydrogen-bond acceptors (Lipinski definition) is 3. The van der Waals surface area contributed by atoms with E-state index in [9.17, 15) is 4.79 Å². The molecule has 4 heteroatoms. The molecule has 0 saturated carbocycles. The number of carbonyl (C=O) groups excluding carboxylic acids is 1. The molecule has 0 spiro atoms. The molecular formula is C22H28N2O2. The highest BCUT2D eigenvalue weighted by atomic mass is 16.5. The van der Waals surface area contributed by atoms with Gasteiger partial charge in [0.25, 0.3) is 0 Å². The van der Waals surface area contributed by atoms with E-state index in [-0.39, 0.29) is 5.91 Å². The fraction of sp³-hybridized carbons (Fsp3) is 0.409. The number of carbonyl (C=O) groups is 1. The Bertz CT molecular complexity index is 735. The predicted octanol–water partition coefficient (Wildman–Crippen LogP) is 4.48. The van der Waals surface area contributed by atoms with E-state index in [0.717, 1.165) is 42.0 Å². The van der Waals surface area contributed by atoms with Crippen molar-refractivity contribution in [3.05, 3.63) is 59.2 Å². The zero-order chi connectivity index (χ0) is 18.5. The van der Waals surface area contributed by atoms with Gasteiger partial charge < -0.3 is 10.1 Å². The Hall–Kier alpha value is -2.33. The molecule has 0 aliphatic carbocycles. The number of para-hydroxylation sites is 1. The third-order valence-electron chi connectivity index (χ3n) is 5.03. The predicted molar refractivity (Wildman–Crippen MR) is 106 cm³/mol. The summed E-state index contributed by atoms with van der Waals surface area (Å²) in [7, 11) is 0. The van der Waals surface area contributed by atoms with E-state index >= 15 is 0 Å². The van der Waals surface area contributed by atoms with Crippen LogP contribution in [-0.2, 0) is 4.79 Å². The lowest BCUT2D eigenvalue weighted by atomic mass is 10.0. The maximum absolute atomic E-state index is 12.6. The van der Waals surface area contributed by atoms with Crippen molar-refractivity contribution in [1.29, 1.82) is 0 Å². The highest BCUT2D eigenvalue weighted by Gasteiger charge is 2.27. The molecule has 2 aromatic rings. The van der Waals surface area contributed by atoms with Crippen molar-refractivity contribution < 1.29 is 9.53 Å². The Morgan fingerprint density at radius 1 is 1.15 bits per heavy atom. The molecule has 1 amide bonds. The van der Waals surface area contributed by atoms with Gasteiger partial charge in [0, 0.05) is 11.7 Å². The van der Waals surface area contributed by atoms with Crippen LogP contribution >= 0.6 is 0 Å². The van der Waals surface area contributed by atoms with Crippen LogP contribution in [0.3, 0.4) is 0 Å². The first-order valence-corrected chi connectivity index (χ1v) is 9.41. The third kappa shape index (κ3) is 4.25. The van der Waals surface area contributed by atoms with E-state index in [1.165, 1.54) is 5.56 Å². The van der Waals surface area contributed by atoms with Crippen LogP contribution in [-0.4, -0.2) is 30.5 Å². The number of aryl methyl sites for hydroxylation is 2. The summed E-state index contributed by atoms with van der Waals surface area (Å²) in [4.78, 5) is 14.9. The number of benzene rings is 2. The molecule has 0 aromatic heterocycles. The molecule has 4 nitrogen and oxygen atoms in total. The smallest absolute Gasteiger partial charge is 0.238 e. The fourth-order valence-corrected chi connectivity index (χ4v) is 3.72. The second-order valence-corrected chi connectivity index (χ2v) is 6.95. The highest BCUT2D eigenvalue weighted by Crippen LogP contribution is 2.32. The van der Waals surface area contributed by atoms with Crippen LogP contribution in [0.1, 0.15) is 42.5 Å². The van der Waals surface area contributed by atoms with Gasteiger partial charge in [0.2, 0.25) is 5.91 Å². The van der Waals surface area contributed by atoms with Crippen LogP contribution < -0.4 is 10.1 Å². The molecule has 26 heavy (non-hydrogen) atoms. The summed E-state index contributed by atoms with van der Waals surface area (Å²) in [6.45, 7) is 8.10. The Kier molecular flexibility index (Phi) is 5.94. The Labute approximate surface area is 156 Å². The largest absolute Gasteiger partial charge is 0.494 e. The molecule has 1 heterocycles. The number of rotatable bonds is 6. The molecule has 3 rings (SSSR count). The molecule has 2 aromatic carbocycles. The first-order chi connectivity index (χ1) is 12.6. The highest BCUT2D eigenvalue weighted by molar-refractivity contribution is 5.93. The summed E-state index contributed by atoms with van der Waals surface area (Å²) < 4.78 is 5.53. The molecule has 1 saturated heterocycles. The summed E-state index contributed by atoms with van der Waals surface area (Å²) in [5.74, 6) is 0.953. The maximum atomic E-state index is 12.6. The van der Waals surface area contributed by atoms with E-state index in [4.69, 9.17) is 4.74 Å². The van der Waals surface area contributed by atoms with Gasteiger partial charge in [-0.05, 0) is 69.0 Å². The summed E-state index contributed by atoms with van der Waals surface area (Å²) in [6.07, 6.45) is 2.21. The molecule has 138 valence electrons. The molecule has 1 N–H and O–H groups in total. The van der Waals surface area contributed by atoms with Crippen molar-refractivity contribution in [3.8, 4) is 5.75 Å². The van der Waals surface area contributed by atoms with Crippen molar-refractivity contribution in [1.82, 2.24) is 4.90 Å². The second kappa shape index (κ2) is 8.37. The summed E-state index contributed by atoms with van der Waals surface area (Å²) >= 11 is 0. The minimum atomic E-state index is 0.0558. The number of nitrogens with zero attached hydrogens (tertiary/aromatic N) is 1. The van der Waals surface area contributed by atoms with Gasteiger partial charge in [0.1, 0.15) is 5.75 Å². The fourth-order valence-electron chi connectivity index (χ4n) is 3.72. The molecule has 1 atom stereocenters. The third-order valence-corrected chi connectivity index (χ3v) is 5.03. The Balaban J connectivity index is 1.65. The van der Waals surface area contributed by atoms with Gasteiger partial charge in [-0.3, -0.25) is 9.69 Å². The van der Waals surface area contributed by atoms with Gasteiger partial charge in [-0.1, -0.05) is 30.3 Å². The van der Waals surface area contributed by atoms with Gasteiger partial charge in [-0.25, -0.2) is 0 Å². The molecular weight excluding hydrogens is 324 g/mol. The number of anilines is 1. The van der Waals surface area contributed by atoms with Gasteiger partial charge in [-0.2, -0.15) is 0 Å². The zero-order valence-electron chi connectivity index (χ0n) is 15.9. The molecule has 1 aliphatic rings. The van der Waals surface area contributed by atoms with Crippen molar-refractivity contribution in [2.45, 2.75) is 39.7 Å². The maximum Gasteiger partial charge on any atom is 0.238 e. The molecule has 0 radical (unpaired) electrons. The summed E-state index contributed by atoms with van der Waals surface area (Å²) in [6, 6.07) is 14.7. The monoisotopic (exact) mass is 352 g/mol. The average molecular weight is 352 g/mol. The van der Waals surface area contributed by atoms with Gasteiger partial charge in [-0.15, -0.1) is 0 Å². The van der Waals surface area contributed by atoms with E-state index < -0.39 is 0 Å². The minimum absolute atomic E-state index is 0.0558. The van der Waals surface area contributed by atoms with Crippen LogP contribution in [0.4, 0.5) is 5.69 Å². The lowest BCUT2D eigenvalue weighted by Gasteiger charge is -2.24. The van der Waals surface area contributed by atoms with E-state index in [2.05, 4.69) is 22.3 Å². The topological polar surface area (TPSA) is 41.6 Å².